The number of rotatable bonds is 3. The van der Waals surface area contributed by atoms with E-state index in [4.69, 9.17) is 5.11 Å². The highest BCUT2D eigenvalue weighted by molar-refractivity contribution is 9.10. The van der Waals surface area contributed by atoms with E-state index in [2.05, 4.69) is 33.0 Å². The van der Waals surface area contributed by atoms with Gasteiger partial charge in [-0.1, -0.05) is 46.3 Å². The Morgan fingerprint density at radius 3 is 2.65 bits per heavy atom. The summed E-state index contributed by atoms with van der Waals surface area (Å²) >= 11 is 3.49. The zero-order valence-electron chi connectivity index (χ0n) is 10.8. The number of fused-ring (bicyclic) bond motifs is 1. The van der Waals surface area contributed by atoms with Gasteiger partial charge < -0.3 is 5.11 Å². The number of halogens is 1. The maximum absolute atomic E-state index is 11.1. The molecule has 0 spiro atoms. The van der Waals surface area contributed by atoms with Gasteiger partial charge in [0.05, 0.1) is 5.56 Å². The Balaban J connectivity index is 1.82. The SMILES string of the molecule is O=C(O)c1cc(Br)c2c(c1)CN(Cc1ccccc1)C2. The van der Waals surface area contributed by atoms with E-state index < -0.39 is 5.97 Å². The average molecular weight is 332 g/mol. The molecule has 0 fully saturated rings. The van der Waals surface area contributed by atoms with Crippen molar-refractivity contribution in [2.75, 3.05) is 0 Å². The summed E-state index contributed by atoms with van der Waals surface area (Å²) in [5.41, 5.74) is 3.92. The van der Waals surface area contributed by atoms with Gasteiger partial charge in [0, 0.05) is 24.1 Å². The zero-order valence-corrected chi connectivity index (χ0v) is 12.4. The Labute approximate surface area is 126 Å². The van der Waals surface area contributed by atoms with Crippen molar-refractivity contribution in [2.45, 2.75) is 19.6 Å². The summed E-state index contributed by atoms with van der Waals surface area (Å²) in [5, 5.41) is 9.11. The molecule has 3 rings (SSSR count). The minimum absolute atomic E-state index is 0.345. The number of carboxylic acid groups (broad SMARTS) is 1. The lowest BCUT2D eigenvalue weighted by molar-refractivity contribution is 0.0696. The molecule has 2 aromatic carbocycles. The Morgan fingerprint density at radius 1 is 1.20 bits per heavy atom. The van der Waals surface area contributed by atoms with Gasteiger partial charge in [-0.15, -0.1) is 0 Å². The fourth-order valence-corrected chi connectivity index (χ4v) is 3.24. The highest BCUT2D eigenvalue weighted by Gasteiger charge is 2.23. The van der Waals surface area contributed by atoms with Crippen molar-refractivity contribution in [1.29, 1.82) is 0 Å². The first kappa shape index (κ1) is 13.3. The Kier molecular flexibility index (Phi) is 3.59. The lowest BCUT2D eigenvalue weighted by Crippen LogP contribution is -2.15. The van der Waals surface area contributed by atoms with Crippen LogP contribution in [0.25, 0.3) is 0 Å². The summed E-state index contributed by atoms with van der Waals surface area (Å²) < 4.78 is 0.892. The lowest BCUT2D eigenvalue weighted by atomic mass is 10.1. The number of hydrogen-bond acceptors (Lipinski definition) is 2. The van der Waals surface area contributed by atoms with Crippen LogP contribution in [0.2, 0.25) is 0 Å². The lowest BCUT2D eigenvalue weighted by Gasteiger charge is -2.14. The fourth-order valence-electron chi connectivity index (χ4n) is 2.61. The Bertz CT molecular complexity index is 655. The van der Waals surface area contributed by atoms with Gasteiger partial charge >= 0.3 is 5.97 Å². The van der Waals surface area contributed by atoms with E-state index in [0.717, 1.165) is 29.7 Å². The van der Waals surface area contributed by atoms with Crippen molar-refractivity contribution in [3.63, 3.8) is 0 Å². The minimum atomic E-state index is -0.880. The molecule has 2 aromatic rings. The molecule has 1 aliphatic heterocycles. The topological polar surface area (TPSA) is 40.5 Å². The predicted molar refractivity (Wildman–Crippen MR) is 80.5 cm³/mol. The van der Waals surface area contributed by atoms with Crippen LogP contribution >= 0.6 is 15.9 Å². The molecule has 1 N–H and O–H groups in total. The van der Waals surface area contributed by atoms with Crippen molar-refractivity contribution in [1.82, 2.24) is 4.90 Å². The van der Waals surface area contributed by atoms with E-state index in [9.17, 15) is 4.79 Å². The van der Waals surface area contributed by atoms with Crippen LogP contribution in [0.3, 0.4) is 0 Å². The molecule has 20 heavy (non-hydrogen) atoms. The molecule has 4 heteroatoms. The van der Waals surface area contributed by atoms with E-state index in [1.54, 1.807) is 12.1 Å². The van der Waals surface area contributed by atoms with Gasteiger partial charge in [0.15, 0.2) is 0 Å². The van der Waals surface area contributed by atoms with Crippen molar-refractivity contribution < 1.29 is 9.90 Å². The summed E-state index contributed by atoms with van der Waals surface area (Å²) in [6.07, 6.45) is 0. The van der Waals surface area contributed by atoms with Crippen LogP contribution in [0.5, 0.6) is 0 Å². The summed E-state index contributed by atoms with van der Waals surface area (Å²) in [6, 6.07) is 13.8. The third kappa shape index (κ3) is 2.62. The quantitative estimate of drug-likeness (QED) is 0.932. The molecule has 0 radical (unpaired) electrons. The molecule has 3 nitrogen and oxygen atoms in total. The number of hydrogen-bond donors (Lipinski definition) is 1. The van der Waals surface area contributed by atoms with Gasteiger partial charge in [-0.2, -0.15) is 0 Å². The van der Waals surface area contributed by atoms with Crippen molar-refractivity contribution in [3.8, 4) is 0 Å². The average Bonchev–Trinajstić information content (AvgIpc) is 2.83. The maximum atomic E-state index is 11.1. The van der Waals surface area contributed by atoms with Crippen LogP contribution in [0.1, 0.15) is 27.0 Å². The number of carboxylic acids is 1. The molecule has 0 aliphatic carbocycles. The van der Waals surface area contributed by atoms with Gasteiger partial charge in [0.2, 0.25) is 0 Å². The third-order valence-electron chi connectivity index (χ3n) is 3.56. The Hall–Kier alpha value is -1.65. The molecule has 0 atom stereocenters. The number of benzene rings is 2. The van der Waals surface area contributed by atoms with Crippen molar-refractivity contribution in [2.24, 2.45) is 0 Å². The van der Waals surface area contributed by atoms with E-state index in [0.29, 0.717) is 5.56 Å². The predicted octanol–water partition coefficient (Wildman–Crippen LogP) is 3.66. The second-order valence-electron chi connectivity index (χ2n) is 5.03. The molecule has 0 saturated carbocycles. The smallest absolute Gasteiger partial charge is 0.335 e. The maximum Gasteiger partial charge on any atom is 0.335 e. The van der Waals surface area contributed by atoms with Crippen LogP contribution in [0.15, 0.2) is 46.9 Å². The number of nitrogens with zero attached hydrogens (tertiary/aromatic N) is 1. The molecular weight excluding hydrogens is 318 g/mol. The summed E-state index contributed by atoms with van der Waals surface area (Å²) in [6.45, 7) is 2.53. The summed E-state index contributed by atoms with van der Waals surface area (Å²) in [4.78, 5) is 13.4. The summed E-state index contributed by atoms with van der Waals surface area (Å²) in [7, 11) is 0. The highest BCUT2D eigenvalue weighted by Crippen LogP contribution is 2.31. The van der Waals surface area contributed by atoms with Gasteiger partial charge in [0.25, 0.3) is 0 Å². The summed E-state index contributed by atoms with van der Waals surface area (Å²) in [5.74, 6) is -0.880. The second kappa shape index (κ2) is 5.38. The van der Waals surface area contributed by atoms with Crippen LogP contribution in [0, 0.1) is 0 Å². The molecule has 1 heterocycles. The van der Waals surface area contributed by atoms with Crippen molar-refractivity contribution in [3.05, 3.63) is 69.2 Å². The molecular formula is C16H14BrNO2. The molecule has 0 aromatic heterocycles. The molecule has 0 amide bonds. The number of aromatic carboxylic acids is 1. The van der Waals surface area contributed by atoms with Crippen LogP contribution in [0.4, 0.5) is 0 Å². The zero-order chi connectivity index (χ0) is 14.1. The largest absolute Gasteiger partial charge is 0.478 e. The third-order valence-corrected chi connectivity index (χ3v) is 4.27. The minimum Gasteiger partial charge on any atom is -0.478 e. The van der Waals surface area contributed by atoms with E-state index in [-0.39, 0.29) is 0 Å². The second-order valence-corrected chi connectivity index (χ2v) is 5.89. The van der Waals surface area contributed by atoms with Gasteiger partial charge in [-0.3, -0.25) is 4.90 Å². The normalized spacial score (nSPS) is 14.2. The molecule has 0 unspecified atom stereocenters. The van der Waals surface area contributed by atoms with E-state index in [1.165, 1.54) is 11.1 Å². The van der Waals surface area contributed by atoms with Crippen LogP contribution < -0.4 is 0 Å². The van der Waals surface area contributed by atoms with E-state index in [1.807, 2.05) is 18.2 Å². The molecule has 0 bridgehead atoms. The standard InChI is InChI=1S/C16H14BrNO2/c17-15-7-12(16(19)20)6-13-9-18(10-14(13)15)8-11-4-2-1-3-5-11/h1-7H,8-10H2,(H,19,20). The fraction of sp³-hybridized carbons (Fsp3) is 0.188. The van der Waals surface area contributed by atoms with Crippen molar-refractivity contribution >= 4 is 21.9 Å². The monoisotopic (exact) mass is 331 g/mol. The van der Waals surface area contributed by atoms with Gasteiger partial charge in [0.1, 0.15) is 0 Å². The number of carbonyl (C=O) groups is 1. The first-order valence-electron chi connectivity index (χ1n) is 6.44. The first-order valence-corrected chi connectivity index (χ1v) is 7.23. The first-order chi connectivity index (χ1) is 9.63. The van der Waals surface area contributed by atoms with Crippen LogP contribution in [-0.2, 0) is 19.6 Å². The molecule has 0 saturated heterocycles. The van der Waals surface area contributed by atoms with Crippen LogP contribution in [-0.4, -0.2) is 16.0 Å². The van der Waals surface area contributed by atoms with Gasteiger partial charge in [-0.25, -0.2) is 4.79 Å². The van der Waals surface area contributed by atoms with E-state index >= 15 is 0 Å². The highest BCUT2D eigenvalue weighted by atomic mass is 79.9. The molecule has 1 aliphatic rings. The molecule has 102 valence electrons. The Morgan fingerprint density at radius 2 is 1.95 bits per heavy atom. The van der Waals surface area contributed by atoms with Gasteiger partial charge in [-0.05, 0) is 28.8 Å².